The number of hydrogen-bond acceptors (Lipinski definition) is 1. The van der Waals surface area contributed by atoms with E-state index in [1.807, 2.05) is 0 Å². The SMILES string of the molecule is C=CC(=O)NC1C=C(C(C)(C)C)CCC1. The number of allylic oxidation sites excluding steroid dienone is 1. The number of rotatable bonds is 2. The monoisotopic (exact) mass is 207 g/mol. The molecule has 84 valence electrons. The van der Waals surface area contributed by atoms with Crippen molar-refractivity contribution in [3.63, 3.8) is 0 Å². The molecule has 2 nitrogen and oxygen atoms in total. The summed E-state index contributed by atoms with van der Waals surface area (Å²) in [5, 5.41) is 2.94. The quantitative estimate of drug-likeness (QED) is 0.547. The molecule has 1 unspecified atom stereocenters. The summed E-state index contributed by atoms with van der Waals surface area (Å²) in [6, 6.07) is 0.193. The molecule has 1 aliphatic rings. The molecule has 0 bridgehead atoms. The topological polar surface area (TPSA) is 29.1 Å². The number of carbonyl (C=O) groups excluding carboxylic acids is 1. The third-order valence-electron chi connectivity index (χ3n) is 2.84. The second-order valence-electron chi connectivity index (χ2n) is 5.15. The van der Waals surface area contributed by atoms with Gasteiger partial charge in [-0.3, -0.25) is 4.79 Å². The molecule has 1 rings (SSSR count). The van der Waals surface area contributed by atoms with E-state index in [2.05, 4.69) is 38.7 Å². The average molecular weight is 207 g/mol. The van der Waals surface area contributed by atoms with Gasteiger partial charge in [0.2, 0.25) is 5.91 Å². The van der Waals surface area contributed by atoms with E-state index in [0.29, 0.717) is 0 Å². The summed E-state index contributed by atoms with van der Waals surface area (Å²) in [4.78, 5) is 11.2. The Bertz CT molecular complexity index is 283. The highest BCUT2D eigenvalue weighted by molar-refractivity contribution is 5.87. The number of hydrogen-bond donors (Lipinski definition) is 1. The molecule has 0 saturated carbocycles. The average Bonchev–Trinajstić information content (AvgIpc) is 2.17. The smallest absolute Gasteiger partial charge is 0.243 e. The highest BCUT2D eigenvalue weighted by atomic mass is 16.1. The van der Waals surface area contributed by atoms with Crippen molar-refractivity contribution in [3.8, 4) is 0 Å². The molecule has 1 N–H and O–H groups in total. The molecule has 1 aliphatic carbocycles. The molecule has 15 heavy (non-hydrogen) atoms. The van der Waals surface area contributed by atoms with E-state index >= 15 is 0 Å². The molecule has 1 amide bonds. The fourth-order valence-corrected chi connectivity index (χ4v) is 1.90. The minimum Gasteiger partial charge on any atom is -0.346 e. The minimum absolute atomic E-state index is 0.0774. The van der Waals surface area contributed by atoms with Crippen LogP contribution in [0.2, 0.25) is 0 Å². The highest BCUT2D eigenvalue weighted by Gasteiger charge is 2.22. The summed E-state index contributed by atoms with van der Waals surface area (Å²) in [7, 11) is 0. The second-order valence-corrected chi connectivity index (χ2v) is 5.15. The Hall–Kier alpha value is -1.05. The van der Waals surface area contributed by atoms with Crippen molar-refractivity contribution in [3.05, 3.63) is 24.3 Å². The van der Waals surface area contributed by atoms with Crippen molar-refractivity contribution >= 4 is 5.91 Å². The fourth-order valence-electron chi connectivity index (χ4n) is 1.90. The molecule has 0 aromatic rings. The van der Waals surface area contributed by atoms with Crippen LogP contribution < -0.4 is 5.32 Å². The molecule has 0 heterocycles. The number of nitrogens with one attached hydrogen (secondary N) is 1. The predicted molar refractivity (Wildman–Crippen MR) is 63.5 cm³/mol. The van der Waals surface area contributed by atoms with Crippen molar-refractivity contribution in [1.29, 1.82) is 0 Å². The first kappa shape index (κ1) is 12.0. The van der Waals surface area contributed by atoms with E-state index in [-0.39, 0.29) is 17.4 Å². The maximum absolute atomic E-state index is 11.2. The number of carbonyl (C=O) groups is 1. The molecule has 0 aromatic carbocycles. The molecule has 0 aliphatic heterocycles. The van der Waals surface area contributed by atoms with Gasteiger partial charge in [0.15, 0.2) is 0 Å². The van der Waals surface area contributed by atoms with Crippen LogP contribution in [0, 0.1) is 5.41 Å². The van der Waals surface area contributed by atoms with Gasteiger partial charge in [0.05, 0.1) is 0 Å². The van der Waals surface area contributed by atoms with Crippen LogP contribution in [-0.2, 0) is 4.79 Å². The standard InChI is InChI=1S/C13H21NO/c1-5-12(15)14-11-8-6-7-10(9-11)13(2,3)4/h5,9,11H,1,6-8H2,2-4H3,(H,14,15). The van der Waals surface area contributed by atoms with E-state index in [1.54, 1.807) is 0 Å². The van der Waals surface area contributed by atoms with Crippen molar-refractivity contribution in [2.75, 3.05) is 0 Å². The van der Waals surface area contributed by atoms with E-state index in [9.17, 15) is 4.79 Å². The second kappa shape index (κ2) is 4.65. The lowest BCUT2D eigenvalue weighted by Crippen LogP contribution is -2.34. The first-order valence-electron chi connectivity index (χ1n) is 5.57. The Morgan fingerprint density at radius 1 is 1.60 bits per heavy atom. The van der Waals surface area contributed by atoms with Gasteiger partial charge in [-0.1, -0.05) is 39.0 Å². The Labute approximate surface area is 92.4 Å². The molecular weight excluding hydrogens is 186 g/mol. The van der Waals surface area contributed by atoms with Gasteiger partial charge in [0.25, 0.3) is 0 Å². The summed E-state index contributed by atoms with van der Waals surface area (Å²) >= 11 is 0. The molecule has 2 heteroatoms. The lowest BCUT2D eigenvalue weighted by atomic mass is 9.79. The lowest BCUT2D eigenvalue weighted by Gasteiger charge is -2.29. The zero-order valence-corrected chi connectivity index (χ0v) is 9.97. The molecule has 0 aromatic heterocycles. The van der Waals surface area contributed by atoms with Crippen LogP contribution in [0.3, 0.4) is 0 Å². The van der Waals surface area contributed by atoms with Gasteiger partial charge in [-0.15, -0.1) is 0 Å². The maximum Gasteiger partial charge on any atom is 0.243 e. The third kappa shape index (κ3) is 3.54. The van der Waals surface area contributed by atoms with E-state index in [1.165, 1.54) is 11.6 Å². The third-order valence-corrected chi connectivity index (χ3v) is 2.84. The van der Waals surface area contributed by atoms with Gasteiger partial charge in [-0.2, -0.15) is 0 Å². The van der Waals surface area contributed by atoms with Crippen molar-refractivity contribution in [1.82, 2.24) is 5.32 Å². The maximum atomic E-state index is 11.2. The van der Waals surface area contributed by atoms with Crippen molar-refractivity contribution in [2.45, 2.75) is 46.1 Å². The summed E-state index contributed by atoms with van der Waals surface area (Å²) in [6.45, 7) is 10.1. The van der Waals surface area contributed by atoms with Crippen LogP contribution in [0.15, 0.2) is 24.3 Å². The molecule has 1 atom stereocenters. The van der Waals surface area contributed by atoms with Crippen LogP contribution >= 0.6 is 0 Å². The Morgan fingerprint density at radius 2 is 2.27 bits per heavy atom. The van der Waals surface area contributed by atoms with Crippen LogP contribution in [0.1, 0.15) is 40.0 Å². The molecular formula is C13H21NO. The first-order valence-corrected chi connectivity index (χ1v) is 5.57. The van der Waals surface area contributed by atoms with E-state index in [4.69, 9.17) is 0 Å². The minimum atomic E-state index is -0.0774. The number of amides is 1. The summed E-state index contributed by atoms with van der Waals surface area (Å²) in [5.74, 6) is -0.0774. The Morgan fingerprint density at radius 3 is 2.80 bits per heavy atom. The Kier molecular flexibility index (Phi) is 3.72. The van der Waals surface area contributed by atoms with Crippen LogP contribution in [0.25, 0.3) is 0 Å². The van der Waals surface area contributed by atoms with Gasteiger partial charge in [0, 0.05) is 6.04 Å². The molecule has 0 saturated heterocycles. The van der Waals surface area contributed by atoms with E-state index in [0.717, 1.165) is 19.3 Å². The lowest BCUT2D eigenvalue weighted by molar-refractivity contribution is -0.116. The van der Waals surface area contributed by atoms with Gasteiger partial charge in [-0.05, 0) is 30.8 Å². The highest BCUT2D eigenvalue weighted by Crippen LogP contribution is 2.33. The van der Waals surface area contributed by atoms with Gasteiger partial charge >= 0.3 is 0 Å². The van der Waals surface area contributed by atoms with Crippen LogP contribution in [0.4, 0.5) is 0 Å². The van der Waals surface area contributed by atoms with E-state index < -0.39 is 0 Å². The summed E-state index contributed by atoms with van der Waals surface area (Å²) in [5.41, 5.74) is 1.67. The first-order chi connectivity index (χ1) is 6.93. The normalized spacial score (nSPS) is 21.8. The van der Waals surface area contributed by atoms with Gasteiger partial charge < -0.3 is 5.32 Å². The van der Waals surface area contributed by atoms with Crippen LogP contribution in [0.5, 0.6) is 0 Å². The van der Waals surface area contributed by atoms with Crippen molar-refractivity contribution < 1.29 is 4.79 Å². The Balaban J connectivity index is 2.69. The summed E-state index contributed by atoms with van der Waals surface area (Å²) in [6.07, 6.45) is 6.90. The predicted octanol–water partition coefficient (Wildman–Crippen LogP) is 2.81. The van der Waals surface area contributed by atoms with Gasteiger partial charge in [-0.25, -0.2) is 0 Å². The molecule has 0 spiro atoms. The van der Waals surface area contributed by atoms with Crippen LogP contribution in [-0.4, -0.2) is 11.9 Å². The molecule has 0 radical (unpaired) electrons. The zero-order chi connectivity index (χ0) is 11.5. The van der Waals surface area contributed by atoms with Crippen molar-refractivity contribution in [2.24, 2.45) is 5.41 Å². The van der Waals surface area contributed by atoms with Gasteiger partial charge in [0.1, 0.15) is 0 Å². The largest absolute Gasteiger partial charge is 0.346 e. The fraction of sp³-hybridized carbons (Fsp3) is 0.615. The zero-order valence-electron chi connectivity index (χ0n) is 9.97. The summed E-state index contributed by atoms with van der Waals surface area (Å²) < 4.78 is 0. The molecule has 0 fully saturated rings.